The molecule has 208 valence electrons. The zero-order valence-corrected chi connectivity index (χ0v) is 24.9. The van der Waals surface area contributed by atoms with Crippen molar-refractivity contribution in [3.63, 3.8) is 0 Å². The van der Waals surface area contributed by atoms with Crippen molar-refractivity contribution in [2.45, 2.75) is 116 Å². The van der Waals surface area contributed by atoms with Crippen molar-refractivity contribution < 1.29 is 0 Å². The Morgan fingerprint density at radius 3 is 2.53 bits per heavy atom. The van der Waals surface area contributed by atoms with Gasteiger partial charge in [0.2, 0.25) is 0 Å². The minimum atomic E-state index is 0.409. The fraction of sp³-hybridized carbons (Fsp3) is 0.938. The van der Waals surface area contributed by atoms with Crippen LogP contribution in [0.1, 0.15) is 105 Å². The smallest absolute Gasteiger partial charge is 0.0336 e. The first-order chi connectivity index (χ1) is 17.2. The van der Waals surface area contributed by atoms with Crippen LogP contribution in [0.15, 0.2) is 11.6 Å². The van der Waals surface area contributed by atoms with Gasteiger partial charge in [-0.05, 0) is 125 Å². The SMILES string of the molecule is CC(C)[C@H](CN1CC[C@H](C2CCC(Cl)CC2)C(C)(C)C1)NCC1C=C(C2CCCC(CN)C2)CCC1. The van der Waals surface area contributed by atoms with E-state index in [4.69, 9.17) is 17.3 Å². The van der Waals surface area contributed by atoms with Gasteiger partial charge in [-0.3, -0.25) is 0 Å². The topological polar surface area (TPSA) is 41.3 Å². The molecule has 0 aromatic rings. The maximum absolute atomic E-state index is 6.42. The third-order valence-corrected chi connectivity index (χ3v) is 11.1. The number of halogens is 1. The second-order valence-electron chi connectivity index (χ2n) is 14.2. The van der Waals surface area contributed by atoms with E-state index in [2.05, 4.69) is 44.0 Å². The molecule has 36 heavy (non-hydrogen) atoms. The quantitative estimate of drug-likeness (QED) is 0.249. The van der Waals surface area contributed by atoms with E-state index in [9.17, 15) is 0 Å². The van der Waals surface area contributed by atoms with Gasteiger partial charge in [0.15, 0.2) is 0 Å². The van der Waals surface area contributed by atoms with Crippen LogP contribution in [0.2, 0.25) is 0 Å². The number of nitrogens with two attached hydrogens (primary N) is 1. The molecule has 1 heterocycles. The molecular formula is C32H58ClN3. The summed E-state index contributed by atoms with van der Waals surface area (Å²) in [6.45, 7) is 15.7. The van der Waals surface area contributed by atoms with Gasteiger partial charge in [-0.1, -0.05) is 45.8 Å². The Labute approximate surface area is 228 Å². The van der Waals surface area contributed by atoms with Crippen molar-refractivity contribution in [1.29, 1.82) is 0 Å². The van der Waals surface area contributed by atoms with Crippen molar-refractivity contribution in [2.24, 2.45) is 46.7 Å². The van der Waals surface area contributed by atoms with Crippen LogP contribution in [0.5, 0.6) is 0 Å². The van der Waals surface area contributed by atoms with E-state index in [1.54, 1.807) is 5.57 Å². The van der Waals surface area contributed by atoms with Gasteiger partial charge in [-0.25, -0.2) is 0 Å². The Morgan fingerprint density at radius 2 is 1.83 bits per heavy atom. The minimum absolute atomic E-state index is 0.409. The molecule has 1 saturated heterocycles. The second-order valence-corrected chi connectivity index (χ2v) is 14.9. The van der Waals surface area contributed by atoms with Crippen molar-refractivity contribution >= 4 is 11.6 Å². The molecule has 4 heteroatoms. The van der Waals surface area contributed by atoms with Gasteiger partial charge < -0.3 is 16.0 Å². The number of allylic oxidation sites excluding steroid dienone is 1. The number of nitrogens with one attached hydrogen (secondary N) is 1. The molecule has 3 unspecified atom stereocenters. The Kier molecular flexibility index (Phi) is 10.7. The van der Waals surface area contributed by atoms with Crippen LogP contribution in [-0.2, 0) is 0 Å². The van der Waals surface area contributed by atoms with E-state index >= 15 is 0 Å². The molecule has 0 amide bonds. The van der Waals surface area contributed by atoms with Gasteiger partial charge in [-0.2, -0.15) is 0 Å². The lowest BCUT2D eigenvalue weighted by Gasteiger charge is -2.49. The highest BCUT2D eigenvalue weighted by Crippen LogP contribution is 2.45. The van der Waals surface area contributed by atoms with Crippen LogP contribution in [0, 0.1) is 40.9 Å². The lowest BCUT2D eigenvalue weighted by atomic mass is 9.64. The van der Waals surface area contributed by atoms with Gasteiger partial charge in [0.25, 0.3) is 0 Å². The largest absolute Gasteiger partial charge is 0.330 e. The lowest BCUT2D eigenvalue weighted by molar-refractivity contribution is 0.00472. The van der Waals surface area contributed by atoms with E-state index in [1.165, 1.54) is 96.7 Å². The van der Waals surface area contributed by atoms with Crippen molar-refractivity contribution in [1.82, 2.24) is 10.2 Å². The summed E-state index contributed by atoms with van der Waals surface area (Å²) in [5.74, 6) is 4.73. The Balaban J connectivity index is 1.28. The molecule has 4 aliphatic rings. The third kappa shape index (κ3) is 7.73. The maximum atomic E-state index is 6.42. The molecule has 0 radical (unpaired) electrons. The first-order valence-corrected chi connectivity index (χ1v) is 16.2. The molecule has 3 N–H and O–H groups in total. The number of alkyl halides is 1. The van der Waals surface area contributed by atoms with Crippen LogP contribution >= 0.6 is 11.6 Å². The number of nitrogens with zero attached hydrogens (tertiary/aromatic N) is 1. The molecule has 5 atom stereocenters. The third-order valence-electron chi connectivity index (χ3n) is 10.7. The predicted molar refractivity (Wildman–Crippen MR) is 156 cm³/mol. The molecule has 3 aliphatic carbocycles. The van der Waals surface area contributed by atoms with Gasteiger partial charge in [0, 0.05) is 31.1 Å². The Hall–Kier alpha value is -0.0900. The monoisotopic (exact) mass is 519 g/mol. The molecular weight excluding hydrogens is 462 g/mol. The summed E-state index contributed by atoms with van der Waals surface area (Å²) >= 11 is 6.42. The van der Waals surface area contributed by atoms with Crippen molar-refractivity contribution in [3.05, 3.63) is 11.6 Å². The molecule has 0 bridgehead atoms. The molecule has 0 spiro atoms. The summed E-state index contributed by atoms with van der Waals surface area (Å²) in [6, 6.07) is 0.583. The highest BCUT2D eigenvalue weighted by molar-refractivity contribution is 6.20. The number of likely N-dealkylation sites (tertiary alicyclic amines) is 1. The summed E-state index contributed by atoms with van der Waals surface area (Å²) in [5, 5.41) is 4.50. The van der Waals surface area contributed by atoms with E-state index in [1.807, 2.05) is 0 Å². The number of hydrogen-bond acceptors (Lipinski definition) is 3. The molecule has 0 aromatic carbocycles. The first kappa shape index (κ1) is 28.9. The molecule has 3 fully saturated rings. The predicted octanol–water partition coefficient (Wildman–Crippen LogP) is 7.24. The fourth-order valence-corrected chi connectivity index (χ4v) is 8.72. The van der Waals surface area contributed by atoms with Crippen LogP contribution < -0.4 is 11.1 Å². The normalized spacial score (nSPS) is 37.0. The molecule has 1 aliphatic heterocycles. The number of piperidine rings is 1. The standard InChI is InChI=1S/C32H58ClN3/c1-23(2)31(21-36-16-15-30(32(3,4)22-36)26-11-13-29(33)14-12-26)35-20-25-8-6-10-28(18-25)27-9-5-7-24(17-27)19-34/h18,23-27,29-31,35H,5-17,19-22,34H2,1-4H3/t24?,25?,26?,27?,29?,30-,31+/m1/s1. The fourth-order valence-electron chi connectivity index (χ4n) is 8.47. The minimum Gasteiger partial charge on any atom is -0.330 e. The average molecular weight is 520 g/mol. The maximum Gasteiger partial charge on any atom is 0.0336 e. The molecule has 3 nitrogen and oxygen atoms in total. The first-order valence-electron chi connectivity index (χ1n) is 15.8. The zero-order valence-electron chi connectivity index (χ0n) is 24.1. The number of hydrogen-bond donors (Lipinski definition) is 2. The molecule has 4 rings (SSSR count). The lowest BCUT2D eigenvalue weighted by Crippen LogP contribution is -2.53. The van der Waals surface area contributed by atoms with Crippen LogP contribution in [-0.4, -0.2) is 49.0 Å². The molecule has 2 saturated carbocycles. The summed E-state index contributed by atoms with van der Waals surface area (Å²) in [5.41, 5.74) is 8.22. The van der Waals surface area contributed by atoms with E-state index in [0.29, 0.717) is 28.7 Å². The van der Waals surface area contributed by atoms with Crippen molar-refractivity contribution in [2.75, 3.05) is 32.7 Å². The Bertz CT molecular complexity index is 696. The van der Waals surface area contributed by atoms with Crippen LogP contribution in [0.3, 0.4) is 0 Å². The van der Waals surface area contributed by atoms with Gasteiger partial charge >= 0.3 is 0 Å². The highest BCUT2D eigenvalue weighted by atomic mass is 35.5. The summed E-state index contributed by atoms with van der Waals surface area (Å²) in [6.07, 6.45) is 18.8. The summed E-state index contributed by atoms with van der Waals surface area (Å²) < 4.78 is 0. The van der Waals surface area contributed by atoms with Crippen molar-refractivity contribution in [3.8, 4) is 0 Å². The van der Waals surface area contributed by atoms with E-state index < -0.39 is 0 Å². The number of rotatable bonds is 9. The second kappa shape index (κ2) is 13.3. The highest BCUT2D eigenvalue weighted by Gasteiger charge is 2.41. The van der Waals surface area contributed by atoms with E-state index in [-0.39, 0.29) is 0 Å². The van der Waals surface area contributed by atoms with Crippen LogP contribution in [0.25, 0.3) is 0 Å². The summed E-state index contributed by atoms with van der Waals surface area (Å²) in [4.78, 5) is 2.79. The van der Waals surface area contributed by atoms with Gasteiger partial charge in [0.05, 0.1) is 0 Å². The summed E-state index contributed by atoms with van der Waals surface area (Å²) in [7, 11) is 0. The van der Waals surface area contributed by atoms with Gasteiger partial charge in [0.1, 0.15) is 0 Å². The van der Waals surface area contributed by atoms with Gasteiger partial charge in [-0.15, -0.1) is 11.6 Å². The zero-order chi connectivity index (χ0) is 25.7. The molecule has 0 aromatic heterocycles. The van der Waals surface area contributed by atoms with E-state index in [0.717, 1.165) is 36.8 Å². The average Bonchev–Trinajstić information content (AvgIpc) is 2.87. The Morgan fingerprint density at radius 1 is 1.06 bits per heavy atom. The van der Waals surface area contributed by atoms with Crippen LogP contribution in [0.4, 0.5) is 0 Å².